The van der Waals surface area contributed by atoms with Crippen molar-refractivity contribution < 1.29 is 4.74 Å². The molecule has 0 aromatic rings. The van der Waals surface area contributed by atoms with Crippen LogP contribution < -0.4 is 0 Å². The van der Waals surface area contributed by atoms with Crippen molar-refractivity contribution in [3.63, 3.8) is 0 Å². The Morgan fingerprint density at radius 2 is 1.23 bits per heavy atom. The van der Waals surface area contributed by atoms with Gasteiger partial charge in [0.25, 0.3) is 0 Å². The summed E-state index contributed by atoms with van der Waals surface area (Å²) in [7, 11) is 0. The number of ether oxygens (including phenoxy) is 1. The van der Waals surface area contributed by atoms with Crippen molar-refractivity contribution in [3.05, 3.63) is 0 Å². The zero-order chi connectivity index (χ0) is 10.3. The predicted molar refractivity (Wildman–Crippen MR) is 59.1 cm³/mol. The molecule has 0 bridgehead atoms. The van der Waals surface area contributed by atoms with Gasteiger partial charge in [0.1, 0.15) is 0 Å². The molecule has 0 spiro atoms. The fourth-order valence-electron chi connectivity index (χ4n) is 1.81. The van der Waals surface area contributed by atoms with Gasteiger partial charge in [-0.05, 0) is 32.1 Å². The highest BCUT2D eigenvalue weighted by molar-refractivity contribution is 4.77. The van der Waals surface area contributed by atoms with Crippen LogP contribution in [0.4, 0.5) is 0 Å². The second-order valence-electron chi connectivity index (χ2n) is 3.80. The molecule has 0 aromatic carbocycles. The highest BCUT2D eigenvalue weighted by atomic mass is 16.5. The van der Waals surface area contributed by atoms with Gasteiger partial charge >= 0.3 is 0 Å². The number of rotatable bonds is 7. The van der Waals surface area contributed by atoms with E-state index in [9.17, 15) is 0 Å². The van der Waals surface area contributed by atoms with Gasteiger partial charge in [0.05, 0.1) is 11.7 Å². The van der Waals surface area contributed by atoms with Crippen LogP contribution in [0.3, 0.4) is 0 Å². The van der Waals surface area contributed by atoms with Crippen LogP contribution in [0.1, 0.15) is 66.7 Å². The molecule has 0 fully saturated rings. The molecule has 0 aliphatic carbocycles. The van der Waals surface area contributed by atoms with Crippen LogP contribution in [-0.2, 0) is 4.74 Å². The molecule has 0 unspecified atom stereocenters. The zero-order valence-electron chi connectivity index (χ0n) is 10.0. The number of hydrogen-bond donors (Lipinski definition) is 0. The highest BCUT2D eigenvalue weighted by Gasteiger charge is 2.27. The van der Waals surface area contributed by atoms with E-state index in [2.05, 4.69) is 34.6 Å². The van der Waals surface area contributed by atoms with Crippen molar-refractivity contribution in [2.75, 3.05) is 0 Å². The average Bonchev–Trinajstić information content (AvgIpc) is 2.21. The van der Waals surface area contributed by atoms with Crippen LogP contribution in [0.25, 0.3) is 0 Å². The Kier molecular flexibility index (Phi) is 6.40. The maximum atomic E-state index is 6.18. The molecule has 0 aromatic heterocycles. The Morgan fingerprint density at radius 3 is 1.46 bits per heavy atom. The lowest BCUT2D eigenvalue weighted by Gasteiger charge is -2.34. The molecule has 0 heterocycles. The summed E-state index contributed by atoms with van der Waals surface area (Å²) in [6, 6.07) is 0. The minimum atomic E-state index is 0.149. The second kappa shape index (κ2) is 6.42. The van der Waals surface area contributed by atoms with Gasteiger partial charge in [-0.2, -0.15) is 0 Å². The molecular weight excluding hydrogens is 160 g/mol. The first-order chi connectivity index (χ1) is 6.17. The van der Waals surface area contributed by atoms with Gasteiger partial charge < -0.3 is 4.74 Å². The van der Waals surface area contributed by atoms with E-state index in [1.807, 2.05) is 0 Å². The molecule has 0 N–H and O–H groups in total. The lowest BCUT2D eigenvalue weighted by atomic mass is 9.93. The molecular formula is C12H26O. The maximum absolute atomic E-state index is 6.18. The van der Waals surface area contributed by atoms with Crippen LogP contribution in [0, 0.1) is 0 Å². The van der Waals surface area contributed by atoms with Crippen molar-refractivity contribution in [1.82, 2.24) is 0 Å². The largest absolute Gasteiger partial charge is 0.372 e. The third kappa shape index (κ3) is 3.68. The Labute approximate surface area is 83.9 Å². The number of hydrogen-bond acceptors (Lipinski definition) is 1. The van der Waals surface area contributed by atoms with Crippen LogP contribution in [0.15, 0.2) is 0 Å². The molecule has 0 radical (unpaired) electrons. The minimum absolute atomic E-state index is 0.149. The topological polar surface area (TPSA) is 9.23 Å². The van der Waals surface area contributed by atoms with Gasteiger partial charge in [-0.1, -0.05) is 34.6 Å². The molecule has 0 atom stereocenters. The average molecular weight is 186 g/mol. The van der Waals surface area contributed by atoms with Crippen LogP contribution >= 0.6 is 0 Å². The lowest BCUT2D eigenvalue weighted by Crippen LogP contribution is -2.34. The van der Waals surface area contributed by atoms with Gasteiger partial charge in [-0.25, -0.2) is 0 Å². The van der Waals surface area contributed by atoms with E-state index in [0.29, 0.717) is 6.10 Å². The molecule has 0 saturated carbocycles. The summed E-state index contributed by atoms with van der Waals surface area (Å²) in [5.74, 6) is 0. The van der Waals surface area contributed by atoms with E-state index in [4.69, 9.17) is 4.74 Å². The summed E-state index contributed by atoms with van der Waals surface area (Å²) in [5.41, 5.74) is 0.149. The van der Waals surface area contributed by atoms with Crippen molar-refractivity contribution in [3.8, 4) is 0 Å². The molecule has 13 heavy (non-hydrogen) atoms. The van der Waals surface area contributed by atoms with Gasteiger partial charge in [-0.15, -0.1) is 0 Å². The fraction of sp³-hybridized carbons (Fsp3) is 1.00. The Hall–Kier alpha value is -0.0400. The summed E-state index contributed by atoms with van der Waals surface area (Å²) in [4.78, 5) is 0. The normalized spacial score (nSPS) is 12.5. The van der Waals surface area contributed by atoms with Gasteiger partial charge in [-0.3, -0.25) is 0 Å². The third-order valence-electron chi connectivity index (χ3n) is 3.26. The van der Waals surface area contributed by atoms with E-state index < -0.39 is 0 Å². The van der Waals surface area contributed by atoms with Crippen LogP contribution in [-0.4, -0.2) is 11.7 Å². The first kappa shape index (κ1) is 13.0. The van der Waals surface area contributed by atoms with E-state index >= 15 is 0 Å². The summed E-state index contributed by atoms with van der Waals surface area (Å²) in [5, 5.41) is 0. The Balaban J connectivity index is 4.21. The summed E-state index contributed by atoms with van der Waals surface area (Å²) < 4.78 is 6.18. The van der Waals surface area contributed by atoms with Gasteiger partial charge in [0.15, 0.2) is 0 Å². The van der Waals surface area contributed by atoms with E-state index in [1.54, 1.807) is 0 Å². The fourth-order valence-corrected chi connectivity index (χ4v) is 1.81. The van der Waals surface area contributed by atoms with E-state index in [1.165, 1.54) is 0 Å². The molecule has 0 rings (SSSR count). The molecule has 0 aliphatic rings. The van der Waals surface area contributed by atoms with Crippen molar-refractivity contribution in [1.29, 1.82) is 0 Å². The van der Waals surface area contributed by atoms with Gasteiger partial charge in [0.2, 0.25) is 0 Å². The smallest absolute Gasteiger partial charge is 0.0678 e. The summed E-state index contributed by atoms with van der Waals surface area (Å²) in [6.45, 7) is 11.1. The van der Waals surface area contributed by atoms with Crippen molar-refractivity contribution in [2.24, 2.45) is 0 Å². The zero-order valence-corrected chi connectivity index (χ0v) is 10.0. The predicted octanol–water partition coefficient (Wildman–Crippen LogP) is 4.16. The standard InChI is InChI=1S/C12H26O/c1-6-11(7-2)13-12(8-3,9-4)10-5/h11H,6-10H2,1-5H3. The Morgan fingerprint density at radius 1 is 0.846 bits per heavy atom. The SMILES string of the molecule is CCC(CC)OC(CC)(CC)CC. The van der Waals surface area contributed by atoms with Crippen LogP contribution in [0.5, 0.6) is 0 Å². The molecule has 0 saturated heterocycles. The van der Waals surface area contributed by atoms with Crippen molar-refractivity contribution >= 4 is 0 Å². The molecule has 1 nitrogen and oxygen atoms in total. The van der Waals surface area contributed by atoms with E-state index in [-0.39, 0.29) is 5.60 Å². The lowest BCUT2D eigenvalue weighted by molar-refractivity contribution is -0.103. The van der Waals surface area contributed by atoms with Crippen LogP contribution in [0.2, 0.25) is 0 Å². The third-order valence-corrected chi connectivity index (χ3v) is 3.26. The highest BCUT2D eigenvalue weighted by Crippen LogP contribution is 2.27. The van der Waals surface area contributed by atoms with E-state index in [0.717, 1.165) is 32.1 Å². The Bertz CT molecular complexity index is 104. The van der Waals surface area contributed by atoms with Gasteiger partial charge in [0, 0.05) is 0 Å². The quantitative estimate of drug-likeness (QED) is 0.580. The first-order valence-electron chi connectivity index (χ1n) is 5.85. The minimum Gasteiger partial charge on any atom is -0.372 e. The first-order valence-corrected chi connectivity index (χ1v) is 5.85. The monoisotopic (exact) mass is 186 g/mol. The summed E-state index contributed by atoms with van der Waals surface area (Å²) >= 11 is 0. The summed E-state index contributed by atoms with van der Waals surface area (Å²) in [6.07, 6.45) is 6.14. The van der Waals surface area contributed by atoms with Crippen molar-refractivity contribution in [2.45, 2.75) is 78.4 Å². The molecule has 80 valence electrons. The second-order valence-corrected chi connectivity index (χ2v) is 3.80. The maximum Gasteiger partial charge on any atom is 0.0678 e. The molecule has 0 aliphatic heterocycles. The molecule has 1 heteroatoms. The molecule has 0 amide bonds.